The van der Waals surface area contributed by atoms with Crippen molar-refractivity contribution in [2.45, 2.75) is 23.7 Å². The van der Waals surface area contributed by atoms with Crippen molar-refractivity contribution in [3.63, 3.8) is 0 Å². The van der Waals surface area contributed by atoms with Crippen molar-refractivity contribution in [3.05, 3.63) is 30.5 Å². The normalized spacial score (nSPS) is 19.7. The Labute approximate surface area is 123 Å². The van der Waals surface area contributed by atoms with Gasteiger partial charge in [-0.3, -0.25) is 5.10 Å². The van der Waals surface area contributed by atoms with Gasteiger partial charge in [0.05, 0.1) is 11.9 Å². The lowest BCUT2D eigenvalue weighted by atomic mass is 9.95. The predicted molar refractivity (Wildman–Crippen MR) is 77.9 cm³/mol. The van der Waals surface area contributed by atoms with Crippen LogP contribution < -0.4 is 4.90 Å². The van der Waals surface area contributed by atoms with Crippen LogP contribution in [0.5, 0.6) is 0 Å². The van der Waals surface area contributed by atoms with Gasteiger partial charge in [0.2, 0.25) is 0 Å². The molecule has 0 radical (unpaired) electrons. The molecule has 0 spiro atoms. The molecule has 3 rings (SSSR count). The summed E-state index contributed by atoms with van der Waals surface area (Å²) in [6.07, 6.45) is 7.77. The van der Waals surface area contributed by atoms with Gasteiger partial charge >= 0.3 is 0 Å². The highest BCUT2D eigenvalue weighted by Crippen LogP contribution is 2.31. The van der Waals surface area contributed by atoms with E-state index in [1.54, 1.807) is 6.20 Å². The predicted octanol–water partition coefficient (Wildman–Crippen LogP) is 0.987. The maximum Gasteiger partial charge on any atom is 0.178 e. The van der Waals surface area contributed by atoms with Crippen molar-refractivity contribution in [2.24, 2.45) is 0 Å². The lowest BCUT2D eigenvalue weighted by molar-refractivity contribution is 0.491. The quantitative estimate of drug-likeness (QED) is 0.909. The second-order valence-electron chi connectivity index (χ2n) is 5.27. The number of hydrogen-bond donors (Lipinski definition) is 1. The number of nitrogens with one attached hydrogen (secondary N) is 1. The molecule has 1 atom stereocenters. The highest BCUT2D eigenvalue weighted by atomic mass is 32.2. The Morgan fingerprint density at radius 1 is 1.43 bits per heavy atom. The molecule has 2 aromatic rings. The zero-order chi connectivity index (χ0) is 14.9. The maximum absolute atomic E-state index is 11.8. The molecule has 1 saturated heterocycles. The highest BCUT2D eigenvalue weighted by molar-refractivity contribution is 7.90. The van der Waals surface area contributed by atoms with E-state index in [-0.39, 0.29) is 5.92 Å². The first kappa shape index (κ1) is 14.0. The number of sulfone groups is 1. The molecular formula is C13H17N5O2S. The fourth-order valence-corrected chi connectivity index (χ4v) is 3.62. The average molecular weight is 307 g/mol. The van der Waals surface area contributed by atoms with Crippen molar-refractivity contribution >= 4 is 15.7 Å². The lowest BCUT2D eigenvalue weighted by Crippen LogP contribution is -2.35. The largest absolute Gasteiger partial charge is 0.356 e. The van der Waals surface area contributed by atoms with Crippen LogP contribution in [0.1, 0.15) is 24.5 Å². The molecule has 1 aliphatic rings. The number of piperidine rings is 1. The first-order chi connectivity index (χ1) is 10.1. The summed E-state index contributed by atoms with van der Waals surface area (Å²) in [5.74, 6) is 0.982. The third-order valence-electron chi connectivity index (χ3n) is 3.75. The van der Waals surface area contributed by atoms with Crippen LogP contribution in [0.2, 0.25) is 0 Å². The minimum absolute atomic E-state index is 0.112. The fourth-order valence-electron chi connectivity index (χ4n) is 2.76. The smallest absolute Gasteiger partial charge is 0.178 e. The van der Waals surface area contributed by atoms with Crippen molar-refractivity contribution in [1.29, 1.82) is 0 Å². The SMILES string of the molecule is CS(=O)(=O)c1cn[nH]c1[C@@H]1CCCN(c2ccncn2)C1. The van der Waals surface area contributed by atoms with Crippen molar-refractivity contribution in [3.8, 4) is 0 Å². The van der Waals surface area contributed by atoms with Crippen LogP contribution in [0.4, 0.5) is 5.82 Å². The molecule has 0 saturated carbocycles. The van der Waals surface area contributed by atoms with Gasteiger partial charge in [0.1, 0.15) is 17.0 Å². The van der Waals surface area contributed by atoms with Gasteiger partial charge in [-0.2, -0.15) is 5.10 Å². The molecule has 112 valence electrons. The summed E-state index contributed by atoms with van der Waals surface area (Å²) >= 11 is 0. The number of anilines is 1. The van der Waals surface area contributed by atoms with E-state index < -0.39 is 9.84 Å². The summed E-state index contributed by atoms with van der Waals surface area (Å²) in [5.41, 5.74) is 0.705. The van der Waals surface area contributed by atoms with Crippen LogP contribution in [-0.2, 0) is 9.84 Å². The zero-order valence-corrected chi connectivity index (χ0v) is 12.5. The molecule has 0 aromatic carbocycles. The van der Waals surface area contributed by atoms with Crippen molar-refractivity contribution in [2.75, 3.05) is 24.2 Å². The number of H-pyrrole nitrogens is 1. The molecule has 2 aromatic heterocycles. The van der Waals surface area contributed by atoms with Gasteiger partial charge in [-0.15, -0.1) is 0 Å². The Bertz CT molecular complexity index is 713. The first-order valence-corrected chi connectivity index (χ1v) is 8.69. The van der Waals surface area contributed by atoms with E-state index in [2.05, 4.69) is 25.1 Å². The molecule has 1 fully saturated rings. The van der Waals surface area contributed by atoms with Crippen LogP contribution in [0.15, 0.2) is 29.7 Å². The Kier molecular flexibility index (Phi) is 3.62. The summed E-state index contributed by atoms with van der Waals surface area (Å²) in [7, 11) is -3.26. The summed E-state index contributed by atoms with van der Waals surface area (Å²) in [4.78, 5) is 10.6. The van der Waals surface area contributed by atoms with E-state index in [0.29, 0.717) is 10.6 Å². The van der Waals surface area contributed by atoms with Gasteiger partial charge < -0.3 is 4.90 Å². The molecule has 21 heavy (non-hydrogen) atoms. The number of rotatable bonds is 3. The van der Waals surface area contributed by atoms with Gasteiger partial charge in [0.25, 0.3) is 0 Å². The minimum atomic E-state index is -3.26. The standard InChI is InChI=1S/C13H17N5O2S/c1-21(19,20)11-7-16-17-13(11)10-3-2-6-18(8-10)12-4-5-14-9-15-12/h4-5,7,9-10H,2-3,6,8H2,1H3,(H,16,17)/t10-/m1/s1. The number of aromatic amines is 1. The fraction of sp³-hybridized carbons (Fsp3) is 0.462. The van der Waals surface area contributed by atoms with Gasteiger partial charge in [0, 0.05) is 31.5 Å². The van der Waals surface area contributed by atoms with Crippen LogP contribution >= 0.6 is 0 Å². The molecule has 0 aliphatic carbocycles. The Hall–Kier alpha value is -1.96. The number of hydrogen-bond acceptors (Lipinski definition) is 6. The van der Waals surface area contributed by atoms with E-state index in [9.17, 15) is 8.42 Å². The molecular weight excluding hydrogens is 290 g/mol. The van der Waals surface area contributed by atoms with E-state index in [4.69, 9.17) is 0 Å². The second kappa shape index (κ2) is 5.44. The van der Waals surface area contributed by atoms with Gasteiger partial charge in [-0.25, -0.2) is 18.4 Å². The molecule has 1 N–H and O–H groups in total. The monoisotopic (exact) mass is 307 g/mol. The van der Waals surface area contributed by atoms with Gasteiger partial charge in [-0.05, 0) is 18.9 Å². The second-order valence-corrected chi connectivity index (χ2v) is 7.26. The molecule has 7 nitrogen and oxygen atoms in total. The van der Waals surface area contributed by atoms with Crippen LogP contribution in [0, 0.1) is 0 Å². The minimum Gasteiger partial charge on any atom is -0.356 e. The Morgan fingerprint density at radius 2 is 2.29 bits per heavy atom. The molecule has 0 bridgehead atoms. The number of nitrogens with zero attached hydrogens (tertiary/aromatic N) is 4. The molecule has 0 unspecified atom stereocenters. The van der Waals surface area contributed by atoms with E-state index in [1.165, 1.54) is 18.8 Å². The third kappa shape index (κ3) is 2.90. The topological polar surface area (TPSA) is 91.8 Å². The van der Waals surface area contributed by atoms with Crippen molar-refractivity contribution < 1.29 is 8.42 Å². The van der Waals surface area contributed by atoms with Gasteiger partial charge in [0.15, 0.2) is 9.84 Å². The average Bonchev–Trinajstić information content (AvgIpc) is 2.98. The summed E-state index contributed by atoms with van der Waals surface area (Å²) < 4.78 is 23.6. The maximum atomic E-state index is 11.8. The molecule has 8 heteroatoms. The Balaban J connectivity index is 1.86. The van der Waals surface area contributed by atoms with Crippen LogP contribution in [-0.4, -0.2) is 47.9 Å². The van der Waals surface area contributed by atoms with E-state index >= 15 is 0 Å². The molecule has 0 amide bonds. The Morgan fingerprint density at radius 3 is 3.00 bits per heavy atom. The molecule has 1 aliphatic heterocycles. The zero-order valence-electron chi connectivity index (χ0n) is 11.7. The van der Waals surface area contributed by atoms with E-state index in [0.717, 1.165) is 31.7 Å². The van der Waals surface area contributed by atoms with Gasteiger partial charge in [-0.1, -0.05) is 0 Å². The number of aromatic nitrogens is 4. The van der Waals surface area contributed by atoms with Crippen LogP contribution in [0.25, 0.3) is 0 Å². The van der Waals surface area contributed by atoms with E-state index in [1.807, 2.05) is 6.07 Å². The summed E-state index contributed by atoms with van der Waals surface area (Å²) in [5, 5.41) is 6.78. The highest BCUT2D eigenvalue weighted by Gasteiger charge is 2.28. The lowest BCUT2D eigenvalue weighted by Gasteiger charge is -2.33. The van der Waals surface area contributed by atoms with Crippen LogP contribution in [0.3, 0.4) is 0 Å². The molecule has 3 heterocycles. The summed E-state index contributed by atoms with van der Waals surface area (Å²) in [6.45, 7) is 1.64. The third-order valence-corrected chi connectivity index (χ3v) is 4.88. The summed E-state index contributed by atoms with van der Waals surface area (Å²) in [6, 6.07) is 1.87. The van der Waals surface area contributed by atoms with Crippen molar-refractivity contribution in [1.82, 2.24) is 20.2 Å². The first-order valence-electron chi connectivity index (χ1n) is 6.80.